The van der Waals surface area contributed by atoms with E-state index in [0.717, 1.165) is 44.1 Å². The number of fused-ring (bicyclic) bond motifs is 5. The molecular formula is C30H44O9. The van der Waals surface area contributed by atoms with E-state index in [-0.39, 0.29) is 53.6 Å². The van der Waals surface area contributed by atoms with E-state index in [1.54, 1.807) is 13.0 Å². The van der Waals surface area contributed by atoms with E-state index in [4.69, 9.17) is 18.9 Å². The molecule has 0 aromatic carbocycles. The summed E-state index contributed by atoms with van der Waals surface area (Å²) in [5.74, 6) is -0.142. The van der Waals surface area contributed by atoms with Crippen LogP contribution in [-0.4, -0.2) is 83.2 Å². The quantitative estimate of drug-likeness (QED) is 0.358. The molecule has 5 fully saturated rings. The number of ketones is 1. The summed E-state index contributed by atoms with van der Waals surface area (Å²) >= 11 is 0. The van der Waals surface area contributed by atoms with Crippen molar-refractivity contribution in [2.45, 2.75) is 115 Å². The summed E-state index contributed by atoms with van der Waals surface area (Å²) in [7, 11) is 1.46. The maximum absolute atomic E-state index is 14.0. The lowest BCUT2D eigenvalue weighted by molar-refractivity contribution is -0.312. The number of Topliss-reactive ketones (excluding diaryl/α,β-unsaturated/α-hetero) is 1. The molecule has 6 aliphatic rings. The van der Waals surface area contributed by atoms with Crippen LogP contribution in [0.3, 0.4) is 0 Å². The minimum atomic E-state index is -1.09. The lowest BCUT2D eigenvalue weighted by Crippen LogP contribution is -2.65. The van der Waals surface area contributed by atoms with E-state index < -0.39 is 41.7 Å². The SMILES string of the molecule is COC1C(O)[C@H](O[C@H]2CC[C@]3(C)C4C(=O)C[C@]5(C)[C@@H](C6=CC(=O)OC6)CC[C@]5(O)C4CC[C@@H]3C2)OC(C)[C@@H]1O. The van der Waals surface area contributed by atoms with Gasteiger partial charge in [-0.2, -0.15) is 0 Å². The number of esters is 1. The van der Waals surface area contributed by atoms with Gasteiger partial charge in [-0.1, -0.05) is 13.8 Å². The van der Waals surface area contributed by atoms with E-state index in [0.29, 0.717) is 12.8 Å². The number of hydrogen-bond acceptors (Lipinski definition) is 9. The van der Waals surface area contributed by atoms with Crippen LogP contribution in [0.2, 0.25) is 0 Å². The molecular weight excluding hydrogens is 504 g/mol. The van der Waals surface area contributed by atoms with Gasteiger partial charge in [0.25, 0.3) is 0 Å². The van der Waals surface area contributed by atoms with Crippen LogP contribution in [0.15, 0.2) is 11.6 Å². The van der Waals surface area contributed by atoms with Crippen LogP contribution in [-0.2, 0) is 28.5 Å². The number of aliphatic hydroxyl groups is 3. The standard InChI is InChI=1S/C30H44O9/c1-15-24(33)26(36-4)25(34)27(38-15)39-18-7-9-28(2)17(12-18)5-6-20-23(28)21(31)13-29(3)19(8-10-30(20,29)35)16-11-22(32)37-14-16/h11,15,17-20,23-27,33-35H,5-10,12-14H2,1-4H3/t15?,17-,18+,19-,20?,23?,24+,25?,26?,27+,28+,29-,30+/m1/s1. The van der Waals surface area contributed by atoms with Crippen molar-refractivity contribution < 1.29 is 43.9 Å². The van der Waals surface area contributed by atoms with Gasteiger partial charge in [-0.05, 0) is 80.6 Å². The largest absolute Gasteiger partial charge is 0.458 e. The molecule has 0 aromatic heterocycles. The zero-order valence-electron chi connectivity index (χ0n) is 23.5. The van der Waals surface area contributed by atoms with E-state index in [2.05, 4.69) is 13.8 Å². The number of aliphatic hydroxyl groups excluding tert-OH is 2. The van der Waals surface area contributed by atoms with E-state index in [1.165, 1.54) is 7.11 Å². The normalized spacial score (nSPS) is 53.5. The molecule has 4 saturated carbocycles. The third-order valence-electron chi connectivity index (χ3n) is 12.0. The zero-order chi connectivity index (χ0) is 27.9. The van der Waals surface area contributed by atoms with Gasteiger partial charge in [0.15, 0.2) is 6.29 Å². The highest BCUT2D eigenvalue weighted by molar-refractivity contribution is 5.86. The first-order valence-corrected chi connectivity index (χ1v) is 14.7. The summed E-state index contributed by atoms with van der Waals surface area (Å²) in [6.07, 6.45) is 2.94. The van der Waals surface area contributed by atoms with Crippen LogP contribution in [0.4, 0.5) is 0 Å². The van der Waals surface area contributed by atoms with Gasteiger partial charge in [0.2, 0.25) is 0 Å². The van der Waals surface area contributed by atoms with Gasteiger partial charge in [0.05, 0.1) is 17.8 Å². The molecule has 4 aliphatic carbocycles. The van der Waals surface area contributed by atoms with E-state index in [9.17, 15) is 24.9 Å². The molecule has 0 bridgehead atoms. The molecule has 0 aromatic rings. The molecule has 9 heteroatoms. The Bertz CT molecular complexity index is 1040. The highest BCUT2D eigenvalue weighted by Gasteiger charge is 2.70. The first-order valence-electron chi connectivity index (χ1n) is 14.7. The van der Waals surface area contributed by atoms with Crippen LogP contribution >= 0.6 is 0 Å². The number of carbonyl (C=O) groups excluding carboxylic acids is 2. The number of rotatable bonds is 4. The fourth-order valence-corrected chi connectivity index (χ4v) is 9.86. The van der Waals surface area contributed by atoms with Crippen molar-refractivity contribution in [2.75, 3.05) is 13.7 Å². The lowest BCUT2D eigenvalue weighted by atomic mass is 9.43. The van der Waals surface area contributed by atoms with Crippen LogP contribution in [0.1, 0.15) is 72.1 Å². The lowest BCUT2D eigenvalue weighted by Gasteiger charge is -2.62. The van der Waals surface area contributed by atoms with Crippen LogP contribution in [0.25, 0.3) is 0 Å². The fraction of sp³-hybridized carbons (Fsp3) is 0.867. The Morgan fingerprint density at radius 2 is 1.82 bits per heavy atom. The second-order valence-corrected chi connectivity index (χ2v) is 13.7. The second kappa shape index (κ2) is 9.60. The van der Waals surface area contributed by atoms with Crippen LogP contribution in [0, 0.1) is 34.5 Å². The smallest absolute Gasteiger partial charge is 0.331 e. The highest BCUT2D eigenvalue weighted by atomic mass is 16.7. The molecule has 2 heterocycles. The summed E-state index contributed by atoms with van der Waals surface area (Å²) in [4.78, 5) is 25.8. The maximum atomic E-state index is 14.0. The van der Waals surface area contributed by atoms with Crippen molar-refractivity contribution in [3.63, 3.8) is 0 Å². The fourth-order valence-electron chi connectivity index (χ4n) is 9.86. The number of hydrogen-bond donors (Lipinski definition) is 3. The Kier molecular flexibility index (Phi) is 6.84. The van der Waals surface area contributed by atoms with Crippen molar-refractivity contribution in [3.05, 3.63) is 11.6 Å². The minimum Gasteiger partial charge on any atom is -0.458 e. The number of carbonyl (C=O) groups is 2. The van der Waals surface area contributed by atoms with Gasteiger partial charge in [0.1, 0.15) is 30.7 Å². The maximum Gasteiger partial charge on any atom is 0.331 e. The molecule has 2 aliphatic heterocycles. The molecule has 13 atom stereocenters. The third kappa shape index (κ3) is 4.02. The third-order valence-corrected chi connectivity index (χ3v) is 12.0. The van der Waals surface area contributed by atoms with Crippen LogP contribution in [0.5, 0.6) is 0 Å². The molecule has 0 radical (unpaired) electrons. The molecule has 218 valence electrons. The molecule has 3 N–H and O–H groups in total. The van der Waals surface area contributed by atoms with Crippen molar-refractivity contribution in [3.8, 4) is 0 Å². The summed E-state index contributed by atoms with van der Waals surface area (Å²) < 4.78 is 22.6. The summed E-state index contributed by atoms with van der Waals surface area (Å²) in [6, 6.07) is 0. The summed E-state index contributed by atoms with van der Waals surface area (Å²) in [6.45, 7) is 6.30. The number of ether oxygens (including phenoxy) is 4. The molecule has 1 saturated heterocycles. The molecule has 9 nitrogen and oxygen atoms in total. The first-order chi connectivity index (χ1) is 18.4. The van der Waals surface area contributed by atoms with Crippen molar-refractivity contribution >= 4 is 11.8 Å². The van der Waals surface area contributed by atoms with Gasteiger partial charge in [-0.25, -0.2) is 4.79 Å². The molecule has 6 rings (SSSR count). The predicted molar refractivity (Wildman–Crippen MR) is 138 cm³/mol. The average molecular weight is 549 g/mol. The van der Waals surface area contributed by atoms with Gasteiger partial charge in [0, 0.05) is 30.9 Å². The Balaban J connectivity index is 1.19. The van der Waals surface area contributed by atoms with Crippen LogP contribution < -0.4 is 0 Å². The zero-order valence-corrected chi connectivity index (χ0v) is 23.5. The molecule has 39 heavy (non-hydrogen) atoms. The number of methoxy groups -OCH3 is 1. The molecule has 0 spiro atoms. The first kappa shape index (κ1) is 27.8. The van der Waals surface area contributed by atoms with Crippen molar-refractivity contribution in [1.29, 1.82) is 0 Å². The van der Waals surface area contributed by atoms with Gasteiger partial charge in [-0.3, -0.25) is 4.79 Å². The Morgan fingerprint density at radius 1 is 1.05 bits per heavy atom. The van der Waals surface area contributed by atoms with Gasteiger partial charge in [-0.15, -0.1) is 0 Å². The number of cyclic esters (lactones) is 1. The topological polar surface area (TPSA) is 132 Å². The predicted octanol–water partition coefficient (Wildman–Crippen LogP) is 2.29. The molecule has 0 amide bonds. The molecule has 5 unspecified atom stereocenters. The van der Waals surface area contributed by atoms with E-state index >= 15 is 0 Å². The second-order valence-electron chi connectivity index (χ2n) is 13.7. The van der Waals surface area contributed by atoms with E-state index in [1.807, 2.05) is 0 Å². The highest BCUT2D eigenvalue weighted by Crippen LogP contribution is 2.69. The van der Waals surface area contributed by atoms with Crippen molar-refractivity contribution in [2.24, 2.45) is 34.5 Å². The Morgan fingerprint density at radius 3 is 2.51 bits per heavy atom. The minimum absolute atomic E-state index is 0.0210. The Hall–Kier alpha value is -1.36. The van der Waals surface area contributed by atoms with Gasteiger partial charge >= 0.3 is 5.97 Å². The average Bonchev–Trinajstić information content (AvgIpc) is 3.42. The monoisotopic (exact) mass is 548 g/mol. The Labute approximate surface area is 230 Å². The van der Waals surface area contributed by atoms with Gasteiger partial charge < -0.3 is 34.3 Å². The summed E-state index contributed by atoms with van der Waals surface area (Å²) in [5.41, 5.74) is -0.851. The summed E-state index contributed by atoms with van der Waals surface area (Å²) in [5, 5.41) is 33.4. The van der Waals surface area contributed by atoms with Crippen molar-refractivity contribution in [1.82, 2.24) is 0 Å².